The number of pyridine rings is 1. The van der Waals surface area contributed by atoms with E-state index in [1.807, 2.05) is 4.57 Å². The van der Waals surface area contributed by atoms with Crippen molar-refractivity contribution < 1.29 is 9.90 Å². The summed E-state index contributed by atoms with van der Waals surface area (Å²) in [6.45, 7) is 8.64. The Morgan fingerprint density at radius 1 is 1.20 bits per heavy atom. The lowest BCUT2D eigenvalue weighted by Crippen LogP contribution is -2.33. The average molecular weight is 423 g/mol. The lowest BCUT2D eigenvalue weighted by atomic mass is 9.78. The summed E-state index contributed by atoms with van der Waals surface area (Å²) in [6, 6.07) is 6.06. The Morgan fingerprint density at radius 2 is 1.93 bits per heavy atom. The molecular weight excluding hydrogens is 396 g/mol. The van der Waals surface area contributed by atoms with Crippen LogP contribution < -0.4 is 10.3 Å². The van der Waals surface area contributed by atoms with Crippen LogP contribution in [0.5, 0.6) is 0 Å². The van der Waals surface area contributed by atoms with E-state index >= 15 is 0 Å². The van der Waals surface area contributed by atoms with Gasteiger partial charge in [0.2, 0.25) is 0 Å². The summed E-state index contributed by atoms with van der Waals surface area (Å²) in [5.41, 5.74) is 3.75. The van der Waals surface area contributed by atoms with Gasteiger partial charge in [-0.3, -0.25) is 4.79 Å². The molecule has 4 heterocycles. The Kier molecular flexibility index (Phi) is 4.33. The van der Waals surface area contributed by atoms with Gasteiger partial charge in [0.05, 0.1) is 5.69 Å². The molecule has 2 aliphatic heterocycles. The van der Waals surface area contributed by atoms with Gasteiger partial charge in [-0.1, -0.05) is 20.8 Å². The van der Waals surface area contributed by atoms with Crippen molar-refractivity contribution in [3.63, 3.8) is 0 Å². The van der Waals surface area contributed by atoms with Crippen LogP contribution >= 0.6 is 11.3 Å². The molecule has 1 aromatic carbocycles. The van der Waals surface area contributed by atoms with E-state index in [2.05, 4.69) is 43.2 Å². The van der Waals surface area contributed by atoms with Crippen LogP contribution in [0.3, 0.4) is 0 Å². The molecule has 1 fully saturated rings. The Hall–Kier alpha value is -2.60. The number of carbonyl (C=O) groups is 1. The van der Waals surface area contributed by atoms with Crippen LogP contribution in [0.4, 0.5) is 5.69 Å². The van der Waals surface area contributed by atoms with Crippen molar-refractivity contribution in [3.05, 3.63) is 51.1 Å². The van der Waals surface area contributed by atoms with Crippen LogP contribution in [0.15, 0.2) is 34.6 Å². The normalized spacial score (nSPS) is 18.5. The van der Waals surface area contributed by atoms with Crippen LogP contribution in [0.1, 0.15) is 55.6 Å². The summed E-state index contributed by atoms with van der Waals surface area (Å²) < 4.78 is 3.34. The summed E-state index contributed by atoms with van der Waals surface area (Å²) >= 11 is 1.77. The Labute approximate surface area is 179 Å². The Bertz CT molecular complexity index is 1230. The van der Waals surface area contributed by atoms with E-state index in [-0.39, 0.29) is 17.0 Å². The minimum Gasteiger partial charge on any atom is -0.477 e. The van der Waals surface area contributed by atoms with Crippen molar-refractivity contribution >= 4 is 33.1 Å². The number of benzene rings is 1. The third-order valence-corrected chi connectivity index (χ3v) is 7.56. The fraction of sp³-hybridized carbons (Fsp3) is 0.417. The fourth-order valence-electron chi connectivity index (χ4n) is 5.02. The molecule has 156 valence electrons. The SMILES string of the molecule is CC(C)(C)[C@@H]1Cc2c(cc(N3CCCC3)c3ccsc23)-c2cc(=O)c(C(=O)O)cn21. The topological polar surface area (TPSA) is 62.5 Å². The maximum Gasteiger partial charge on any atom is 0.341 e. The molecule has 0 bridgehead atoms. The van der Waals surface area contributed by atoms with Gasteiger partial charge in [0, 0.05) is 52.7 Å². The summed E-state index contributed by atoms with van der Waals surface area (Å²) in [6.07, 6.45) is 4.79. The first-order chi connectivity index (χ1) is 14.3. The summed E-state index contributed by atoms with van der Waals surface area (Å²) in [5, 5.41) is 13.0. The van der Waals surface area contributed by atoms with Crippen molar-refractivity contribution in [1.29, 1.82) is 0 Å². The molecule has 0 spiro atoms. The molecule has 6 heteroatoms. The number of aromatic carboxylic acids is 1. The number of thiophene rings is 1. The zero-order valence-electron chi connectivity index (χ0n) is 17.6. The fourth-order valence-corrected chi connectivity index (χ4v) is 5.99. The highest BCUT2D eigenvalue weighted by molar-refractivity contribution is 7.17. The quantitative estimate of drug-likeness (QED) is 0.619. The molecule has 1 N–H and O–H groups in total. The predicted octanol–water partition coefficient (Wildman–Crippen LogP) is 5.17. The second kappa shape index (κ2) is 6.71. The van der Waals surface area contributed by atoms with E-state index in [1.165, 1.54) is 40.2 Å². The average Bonchev–Trinajstić information content (AvgIpc) is 3.37. The zero-order valence-corrected chi connectivity index (χ0v) is 18.4. The number of hydrogen-bond acceptors (Lipinski definition) is 4. The molecule has 0 amide bonds. The smallest absolute Gasteiger partial charge is 0.341 e. The van der Waals surface area contributed by atoms with Crippen molar-refractivity contribution in [3.8, 4) is 11.3 Å². The lowest BCUT2D eigenvalue weighted by Gasteiger charge is -2.39. The van der Waals surface area contributed by atoms with E-state index in [4.69, 9.17) is 0 Å². The van der Waals surface area contributed by atoms with E-state index in [1.54, 1.807) is 17.5 Å². The first-order valence-corrected chi connectivity index (χ1v) is 11.4. The monoisotopic (exact) mass is 422 g/mol. The first-order valence-electron chi connectivity index (χ1n) is 10.5. The molecule has 5 nitrogen and oxygen atoms in total. The number of nitrogens with zero attached hydrogens (tertiary/aromatic N) is 2. The van der Waals surface area contributed by atoms with Crippen LogP contribution in [0, 0.1) is 5.41 Å². The van der Waals surface area contributed by atoms with Crippen molar-refractivity contribution in [2.75, 3.05) is 18.0 Å². The molecular formula is C24H26N2O3S. The van der Waals surface area contributed by atoms with Gasteiger partial charge >= 0.3 is 5.97 Å². The van der Waals surface area contributed by atoms with Gasteiger partial charge in [0.15, 0.2) is 5.43 Å². The first kappa shape index (κ1) is 19.4. The highest BCUT2D eigenvalue weighted by atomic mass is 32.1. The minimum absolute atomic E-state index is 0.0710. The molecule has 1 atom stereocenters. The Morgan fingerprint density at radius 3 is 2.60 bits per heavy atom. The molecule has 0 unspecified atom stereocenters. The van der Waals surface area contributed by atoms with Crippen molar-refractivity contribution in [2.45, 2.75) is 46.1 Å². The van der Waals surface area contributed by atoms with Gasteiger partial charge in [-0.15, -0.1) is 11.3 Å². The third kappa shape index (κ3) is 2.88. The second-order valence-electron chi connectivity index (χ2n) is 9.51. The maximum atomic E-state index is 12.7. The molecule has 0 aliphatic carbocycles. The molecule has 1 saturated heterocycles. The number of aromatic nitrogens is 1. The highest BCUT2D eigenvalue weighted by Crippen LogP contribution is 2.48. The molecule has 0 radical (unpaired) electrons. The van der Waals surface area contributed by atoms with Crippen molar-refractivity contribution in [2.24, 2.45) is 5.41 Å². The second-order valence-corrected chi connectivity index (χ2v) is 10.4. The van der Waals surface area contributed by atoms with Crippen molar-refractivity contribution in [1.82, 2.24) is 4.57 Å². The standard InChI is InChI=1S/C24H26N2O3S/c1-24(2,3)21-11-16-15(19-12-20(27)17(23(28)29)13-26(19)21)10-18(25-7-4-5-8-25)14-6-9-30-22(14)16/h6,9-10,12-13,21H,4-5,7-8,11H2,1-3H3,(H,28,29)/t21-/m0/s1. The molecule has 2 aliphatic rings. The van der Waals surface area contributed by atoms with Crippen LogP contribution in [-0.4, -0.2) is 28.7 Å². The summed E-state index contributed by atoms with van der Waals surface area (Å²) in [7, 11) is 0. The molecule has 2 aromatic heterocycles. The Balaban J connectivity index is 1.83. The lowest BCUT2D eigenvalue weighted by molar-refractivity contribution is 0.0693. The van der Waals surface area contributed by atoms with E-state index in [0.29, 0.717) is 0 Å². The molecule has 5 rings (SSSR count). The number of rotatable bonds is 2. The van der Waals surface area contributed by atoms with E-state index in [0.717, 1.165) is 30.8 Å². The van der Waals surface area contributed by atoms with E-state index in [9.17, 15) is 14.7 Å². The minimum atomic E-state index is -1.17. The molecule has 0 saturated carbocycles. The van der Waals surface area contributed by atoms with Gasteiger partial charge in [0.1, 0.15) is 5.56 Å². The highest BCUT2D eigenvalue weighted by Gasteiger charge is 2.35. The zero-order chi connectivity index (χ0) is 21.2. The third-order valence-electron chi connectivity index (χ3n) is 6.59. The van der Waals surface area contributed by atoms with Gasteiger partial charge in [-0.2, -0.15) is 0 Å². The summed E-state index contributed by atoms with van der Waals surface area (Å²) in [5.74, 6) is -1.17. The number of hydrogen-bond donors (Lipinski definition) is 1. The summed E-state index contributed by atoms with van der Waals surface area (Å²) in [4.78, 5) is 26.8. The van der Waals surface area contributed by atoms with Crippen LogP contribution in [-0.2, 0) is 6.42 Å². The number of fused-ring (bicyclic) bond motifs is 5. The largest absolute Gasteiger partial charge is 0.477 e. The van der Waals surface area contributed by atoms with Gasteiger partial charge < -0.3 is 14.6 Å². The number of carboxylic acids is 1. The van der Waals surface area contributed by atoms with Gasteiger partial charge in [-0.05, 0) is 47.8 Å². The van der Waals surface area contributed by atoms with Gasteiger partial charge in [-0.25, -0.2) is 4.79 Å². The molecule has 3 aromatic rings. The maximum absolute atomic E-state index is 12.7. The molecule has 30 heavy (non-hydrogen) atoms. The predicted molar refractivity (Wildman–Crippen MR) is 122 cm³/mol. The number of anilines is 1. The number of carboxylic acid groups (broad SMARTS) is 1. The van der Waals surface area contributed by atoms with Gasteiger partial charge in [0.25, 0.3) is 0 Å². The van der Waals surface area contributed by atoms with E-state index < -0.39 is 11.4 Å². The van der Waals surface area contributed by atoms with Crippen LogP contribution in [0.25, 0.3) is 21.3 Å². The van der Waals surface area contributed by atoms with Crippen LogP contribution in [0.2, 0.25) is 0 Å².